The highest BCUT2D eigenvalue weighted by molar-refractivity contribution is 5.97. The second kappa shape index (κ2) is 7.76. The van der Waals surface area contributed by atoms with Crippen molar-refractivity contribution in [2.45, 2.75) is 25.9 Å². The summed E-state index contributed by atoms with van der Waals surface area (Å²) >= 11 is 0. The molecule has 1 amide bonds. The Labute approximate surface area is 171 Å². The molecule has 3 N–H and O–H groups in total. The molecule has 3 aromatic rings. The lowest BCUT2D eigenvalue weighted by Gasteiger charge is -2.37. The van der Waals surface area contributed by atoms with Gasteiger partial charge in [0.05, 0.1) is 12.1 Å². The average Bonchev–Trinajstić information content (AvgIpc) is 2.66. The van der Waals surface area contributed by atoms with E-state index in [0.29, 0.717) is 11.6 Å². The van der Waals surface area contributed by atoms with Crippen LogP contribution in [-0.4, -0.2) is 37.2 Å². The minimum absolute atomic E-state index is 0.135. The van der Waals surface area contributed by atoms with Crippen LogP contribution >= 0.6 is 0 Å². The lowest BCUT2D eigenvalue weighted by molar-refractivity contribution is 0.0939. The third kappa shape index (κ3) is 3.66. The molecule has 1 saturated heterocycles. The van der Waals surface area contributed by atoms with E-state index in [1.54, 1.807) is 6.07 Å². The summed E-state index contributed by atoms with van der Waals surface area (Å²) in [6, 6.07) is 17.6. The molecule has 0 aromatic heterocycles. The van der Waals surface area contributed by atoms with Crippen LogP contribution in [0.2, 0.25) is 0 Å². The van der Waals surface area contributed by atoms with Crippen LogP contribution in [0.5, 0.6) is 5.75 Å². The number of hydrogen-bond donors (Lipinski definition) is 3. The van der Waals surface area contributed by atoms with Crippen LogP contribution in [0.25, 0.3) is 10.8 Å². The number of likely N-dealkylation sites (N-methyl/N-ethyl adjacent to an activating group) is 1. The summed E-state index contributed by atoms with van der Waals surface area (Å²) in [5.41, 5.74) is 3.37. The van der Waals surface area contributed by atoms with Gasteiger partial charge in [0.25, 0.3) is 5.91 Å². The van der Waals surface area contributed by atoms with Crippen LogP contribution < -0.4 is 15.5 Å². The van der Waals surface area contributed by atoms with Gasteiger partial charge in [0.1, 0.15) is 5.75 Å². The van der Waals surface area contributed by atoms with Gasteiger partial charge in [-0.05, 0) is 48.4 Å². The van der Waals surface area contributed by atoms with Crippen LogP contribution in [0.1, 0.15) is 34.5 Å². The van der Waals surface area contributed by atoms with Crippen molar-refractivity contribution in [3.8, 4) is 5.75 Å². The molecule has 1 aliphatic heterocycles. The number of carbonyl (C=O) groups excluding carboxylic acids is 1. The zero-order valence-electron chi connectivity index (χ0n) is 17.1. The van der Waals surface area contributed by atoms with E-state index in [9.17, 15) is 9.90 Å². The summed E-state index contributed by atoms with van der Waals surface area (Å²) < 4.78 is 0. The van der Waals surface area contributed by atoms with Crippen LogP contribution in [-0.2, 0) is 0 Å². The van der Waals surface area contributed by atoms with Crippen molar-refractivity contribution in [2.24, 2.45) is 0 Å². The van der Waals surface area contributed by atoms with Crippen LogP contribution in [0.3, 0.4) is 0 Å². The first-order valence-corrected chi connectivity index (χ1v) is 10.0. The predicted molar refractivity (Wildman–Crippen MR) is 118 cm³/mol. The number of phenolic OH excluding ortho intramolecular Hbond substituents is 1. The number of anilines is 1. The number of aromatic hydroxyl groups is 1. The molecular weight excluding hydrogens is 362 g/mol. The molecule has 1 heterocycles. The van der Waals surface area contributed by atoms with E-state index in [0.717, 1.165) is 40.7 Å². The molecule has 150 valence electrons. The molecule has 5 nitrogen and oxygen atoms in total. The summed E-state index contributed by atoms with van der Waals surface area (Å²) in [5, 5.41) is 18.8. The zero-order valence-corrected chi connectivity index (χ0v) is 17.1. The van der Waals surface area contributed by atoms with Gasteiger partial charge in [0.2, 0.25) is 0 Å². The molecule has 0 unspecified atom stereocenters. The van der Waals surface area contributed by atoms with Crippen molar-refractivity contribution in [3.05, 3.63) is 71.3 Å². The smallest absolute Gasteiger partial charge is 0.252 e. The highest BCUT2D eigenvalue weighted by Gasteiger charge is 2.23. The van der Waals surface area contributed by atoms with Gasteiger partial charge in [-0.25, -0.2) is 0 Å². The number of nitrogens with zero attached hydrogens (tertiary/aromatic N) is 1. The summed E-state index contributed by atoms with van der Waals surface area (Å²) in [6.45, 7) is 5.78. The molecule has 4 rings (SSSR count). The molecule has 1 fully saturated rings. The number of rotatable bonds is 5. The Kier molecular flexibility index (Phi) is 5.16. The van der Waals surface area contributed by atoms with Crippen molar-refractivity contribution in [2.75, 3.05) is 25.0 Å². The minimum atomic E-state index is -0.329. The van der Waals surface area contributed by atoms with Crippen LogP contribution in [0.4, 0.5) is 5.69 Å². The Morgan fingerprint density at radius 3 is 2.66 bits per heavy atom. The van der Waals surface area contributed by atoms with Crippen molar-refractivity contribution in [1.29, 1.82) is 0 Å². The Morgan fingerprint density at radius 1 is 1.17 bits per heavy atom. The van der Waals surface area contributed by atoms with Gasteiger partial charge in [-0.2, -0.15) is 0 Å². The molecule has 5 heteroatoms. The maximum Gasteiger partial charge on any atom is 0.252 e. The minimum Gasteiger partial charge on any atom is -0.508 e. The van der Waals surface area contributed by atoms with Gasteiger partial charge in [-0.15, -0.1) is 0 Å². The summed E-state index contributed by atoms with van der Waals surface area (Å²) in [4.78, 5) is 15.3. The van der Waals surface area contributed by atoms with Gasteiger partial charge >= 0.3 is 0 Å². The van der Waals surface area contributed by atoms with Crippen molar-refractivity contribution in [1.82, 2.24) is 10.6 Å². The monoisotopic (exact) mass is 389 g/mol. The van der Waals surface area contributed by atoms with E-state index in [1.807, 2.05) is 56.3 Å². The fourth-order valence-corrected chi connectivity index (χ4v) is 3.92. The Bertz CT molecular complexity index is 1060. The fraction of sp³-hybridized carbons (Fsp3) is 0.292. The molecule has 0 spiro atoms. The molecule has 0 saturated carbocycles. The number of carbonyl (C=O) groups is 1. The maximum absolute atomic E-state index is 13.1. The predicted octanol–water partition coefficient (Wildman–Crippen LogP) is 3.75. The van der Waals surface area contributed by atoms with Gasteiger partial charge in [0.15, 0.2) is 0 Å². The largest absolute Gasteiger partial charge is 0.508 e. The number of fused-ring (bicyclic) bond motifs is 1. The summed E-state index contributed by atoms with van der Waals surface area (Å²) in [7, 11) is 2.06. The fourth-order valence-electron chi connectivity index (χ4n) is 3.92. The first-order chi connectivity index (χ1) is 14.0. The summed E-state index contributed by atoms with van der Waals surface area (Å²) in [6.07, 6.45) is 0. The molecule has 1 aliphatic rings. The van der Waals surface area contributed by atoms with E-state index in [-0.39, 0.29) is 17.7 Å². The second-order valence-electron chi connectivity index (χ2n) is 7.84. The molecule has 29 heavy (non-hydrogen) atoms. The first kappa shape index (κ1) is 19.3. The molecule has 1 atom stereocenters. The zero-order chi connectivity index (χ0) is 20.5. The van der Waals surface area contributed by atoms with Crippen molar-refractivity contribution >= 4 is 22.4 Å². The molecule has 0 radical (unpaired) electrons. The second-order valence-corrected chi connectivity index (χ2v) is 7.84. The number of nitrogens with one attached hydrogen (secondary N) is 2. The lowest BCUT2D eigenvalue weighted by Crippen LogP contribution is -2.56. The van der Waals surface area contributed by atoms with Gasteiger partial charge in [-0.1, -0.05) is 36.4 Å². The Hall–Kier alpha value is -3.05. The van der Waals surface area contributed by atoms with Gasteiger partial charge in [-0.3, -0.25) is 4.79 Å². The standard InChI is InChI=1S/C24H27N3O2/c1-15-8-10-18(27(3)19-13-25-14-19)12-21(15)24(29)26-16(2)23-20-7-5-4-6-17(20)9-11-22(23)28/h4-12,16,19,25,28H,13-14H2,1-3H3,(H,26,29)/t16-/m1/s1. The average molecular weight is 389 g/mol. The first-order valence-electron chi connectivity index (χ1n) is 10.0. The lowest BCUT2D eigenvalue weighted by atomic mass is 9.98. The van der Waals surface area contributed by atoms with Crippen molar-refractivity contribution in [3.63, 3.8) is 0 Å². The number of benzene rings is 3. The summed E-state index contributed by atoms with van der Waals surface area (Å²) in [5.74, 6) is 0.0588. The molecule has 0 bridgehead atoms. The van der Waals surface area contributed by atoms with E-state index >= 15 is 0 Å². The van der Waals surface area contributed by atoms with Gasteiger partial charge < -0.3 is 20.6 Å². The van der Waals surface area contributed by atoms with E-state index < -0.39 is 0 Å². The topological polar surface area (TPSA) is 64.6 Å². The highest BCUT2D eigenvalue weighted by Crippen LogP contribution is 2.32. The molecule has 3 aromatic carbocycles. The van der Waals surface area contributed by atoms with Crippen LogP contribution in [0.15, 0.2) is 54.6 Å². The van der Waals surface area contributed by atoms with Gasteiger partial charge in [0, 0.05) is 37.0 Å². The Morgan fingerprint density at radius 2 is 1.93 bits per heavy atom. The normalized spacial score (nSPS) is 15.0. The number of phenols is 1. The van der Waals surface area contributed by atoms with Crippen molar-refractivity contribution < 1.29 is 9.90 Å². The highest BCUT2D eigenvalue weighted by atomic mass is 16.3. The maximum atomic E-state index is 13.1. The quantitative estimate of drug-likeness (QED) is 0.622. The third-order valence-electron chi connectivity index (χ3n) is 5.91. The molecule has 0 aliphatic carbocycles. The Balaban J connectivity index is 1.60. The number of aryl methyl sites for hydroxylation is 1. The van der Waals surface area contributed by atoms with E-state index in [1.165, 1.54) is 0 Å². The SMILES string of the molecule is Cc1ccc(N(C)C2CNC2)cc1C(=O)N[C@H](C)c1c(O)ccc2ccccc12. The third-order valence-corrected chi connectivity index (χ3v) is 5.91. The number of amides is 1. The van der Waals surface area contributed by atoms with E-state index in [4.69, 9.17) is 0 Å². The van der Waals surface area contributed by atoms with E-state index in [2.05, 4.69) is 28.6 Å². The number of hydrogen-bond acceptors (Lipinski definition) is 4. The molecular formula is C24H27N3O2. The van der Waals surface area contributed by atoms with Crippen LogP contribution in [0, 0.1) is 6.92 Å².